The van der Waals surface area contributed by atoms with Gasteiger partial charge >= 0.3 is 17.9 Å². The van der Waals surface area contributed by atoms with E-state index in [0.717, 1.165) is 24.7 Å². The molecule has 2 atom stereocenters. The van der Waals surface area contributed by atoms with Crippen molar-refractivity contribution in [3.63, 3.8) is 0 Å². The van der Waals surface area contributed by atoms with Crippen LogP contribution in [-0.2, 0) is 25.7 Å². The topological polar surface area (TPSA) is 224 Å². The number of nitrogens with zero attached hydrogens (tertiary/aromatic N) is 3. The summed E-state index contributed by atoms with van der Waals surface area (Å²) in [7, 11) is 0.941. The first-order chi connectivity index (χ1) is 21.1. The average molecular weight is 628 g/mol. The van der Waals surface area contributed by atoms with E-state index in [4.69, 9.17) is 10.8 Å². The van der Waals surface area contributed by atoms with E-state index in [1.54, 1.807) is 30.0 Å². The van der Waals surface area contributed by atoms with Crippen LogP contribution in [0.1, 0.15) is 54.4 Å². The lowest BCUT2D eigenvalue weighted by Gasteiger charge is -2.37. The Morgan fingerprint density at radius 1 is 1.07 bits per heavy atom. The van der Waals surface area contributed by atoms with E-state index >= 15 is 4.39 Å². The van der Waals surface area contributed by atoms with Crippen LogP contribution in [0, 0.1) is 12.7 Å². The van der Waals surface area contributed by atoms with Gasteiger partial charge in [-0.25, -0.2) is 14.2 Å². The van der Waals surface area contributed by atoms with Gasteiger partial charge in [-0.15, -0.1) is 0 Å². The van der Waals surface area contributed by atoms with E-state index in [0.29, 0.717) is 33.9 Å². The van der Waals surface area contributed by atoms with Gasteiger partial charge in [-0.1, -0.05) is 6.07 Å². The zero-order valence-corrected chi connectivity index (χ0v) is 24.9. The third-order valence-corrected chi connectivity index (χ3v) is 7.58. The zero-order valence-electron chi connectivity index (χ0n) is 24.9. The highest BCUT2D eigenvalue weighted by atomic mass is 19.1. The van der Waals surface area contributed by atoms with Crippen molar-refractivity contribution in [2.75, 3.05) is 18.5 Å². The molecule has 0 fully saturated rings. The number of ketones is 1. The van der Waals surface area contributed by atoms with Crippen LogP contribution in [0.2, 0.25) is 0 Å². The number of H-pyrrole nitrogens is 1. The number of carboxylic acid groups (broad SMARTS) is 3. The number of amides is 1. The lowest BCUT2D eigenvalue weighted by atomic mass is 9.83. The predicted molar refractivity (Wildman–Crippen MR) is 159 cm³/mol. The molecule has 2 aromatic carbocycles. The van der Waals surface area contributed by atoms with Crippen molar-refractivity contribution in [3.8, 4) is 0 Å². The lowest BCUT2D eigenvalue weighted by Crippen LogP contribution is -2.61. The van der Waals surface area contributed by atoms with E-state index in [2.05, 4.69) is 9.97 Å². The van der Waals surface area contributed by atoms with E-state index in [9.17, 15) is 39.0 Å². The number of aromatic nitrogens is 2. The fourth-order valence-electron chi connectivity index (χ4n) is 5.00. The summed E-state index contributed by atoms with van der Waals surface area (Å²) in [5, 5.41) is 28.7. The number of nitrogens with one attached hydrogen (secondary N) is 1. The van der Waals surface area contributed by atoms with Crippen molar-refractivity contribution in [2.45, 2.75) is 57.7 Å². The number of Topliss-reactive ketones (excluding diaryl/α,β-unsaturated/α-hetero) is 1. The molecule has 0 aliphatic heterocycles. The van der Waals surface area contributed by atoms with Crippen molar-refractivity contribution in [1.29, 1.82) is 0 Å². The summed E-state index contributed by atoms with van der Waals surface area (Å²) in [6.45, 7) is 4.14. The van der Waals surface area contributed by atoms with Gasteiger partial charge < -0.3 is 35.8 Å². The summed E-state index contributed by atoms with van der Waals surface area (Å²) in [6.07, 6.45) is -2.85. The Morgan fingerprint density at radius 3 is 2.33 bits per heavy atom. The number of rotatable bonds is 15. The Kier molecular flexibility index (Phi) is 10.7. The number of nitrogens with two attached hydrogens (primary N) is 1. The molecule has 1 amide bonds. The average Bonchev–Trinajstić information content (AvgIpc) is 2.98. The highest BCUT2D eigenvalue weighted by Crippen LogP contribution is 2.29. The number of benzene rings is 2. The minimum Gasteiger partial charge on any atom is -0.481 e. The minimum atomic E-state index is -2.74. The highest BCUT2D eigenvalue weighted by Gasteiger charge is 2.51. The Morgan fingerprint density at radius 2 is 1.76 bits per heavy atom. The molecule has 0 spiro atoms. The van der Waals surface area contributed by atoms with Crippen LogP contribution < -0.4 is 16.2 Å². The van der Waals surface area contributed by atoms with E-state index in [-0.39, 0.29) is 12.1 Å². The van der Waals surface area contributed by atoms with Crippen LogP contribution in [0.15, 0.2) is 41.2 Å². The monoisotopic (exact) mass is 627 g/mol. The van der Waals surface area contributed by atoms with Crippen LogP contribution in [0.5, 0.6) is 0 Å². The SMILES string of the molecule is CCN(Cc1ccc2nc(C)[nH]c(=O)c2c1)c1ccc(C(=O)N(C)[C@@](CCC(=O)O)(C(=O)O)C(=O)CC[C@H](N)C(=O)O)c(F)c1. The van der Waals surface area contributed by atoms with Crippen molar-refractivity contribution in [2.24, 2.45) is 5.73 Å². The number of anilines is 1. The number of hydrogen-bond acceptors (Lipinski definition) is 9. The molecule has 240 valence electrons. The smallest absolute Gasteiger partial charge is 0.337 e. The first-order valence-corrected chi connectivity index (χ1v) is 13.9. The maximum absolute atomic E-state index is 15.5. The van der Waals surface area contributed by atoms with E-state index in [1.165, 1.54) is 6.07 Å². The van der Waals surface area contributed by atoms with Crippen LogP contribution in [0.3, 0.4) is 0 Å². The first-order valence-electron chi connectivity index (χ1n) is 13.9. The van der Waals surface area contributed by atoms with Crippen molar-refractivity contribution in [1.82, 2.24) is 14.9 Å². The molecule has 0 saturated carbocycles. The zero-order chi connectivity index (χ0) is 33.6. The van der Waals surface area contributed by atoms with Crippen LogP contribution >= 0.6 is 0 Å². The molecule has 45 heavy (non-hydrogen) atoms. The Labute approximate surface area is 256 Å². The molecule has 0 unspecified atom stereocenters. The van der Waals surface area contributed by atoms with Gasteiger partial charge in [-0.2, -0.15) is 0 Å². The maximum atomic E-state index is 15.5. The van der Waals surface area contributed by atoms with Gasteiger partial charge in [-0.05, 0) is 62.6 Å². The Hall–Kier alpha value is -5.18. The molecule has 15 heteroatoms. The molecule has 1 heterocycles. The molecule has 0 bridgehead atoms. The van der Waals surface area contributed by atoms with Crippen LogP contribution in [-0.4, -0.2) is 85.0 Å². The molecular formula is C30H34FN5O9. The Balaban J connectivity index is 1.93. The summed E-state index contributed by atoms with van der Waals surface area (Å²) in [6, 6.07) is 7.27. The minimum absolute atomic E-state index is 0.261. The molecule has 3 rings (SSSR count). The number of hydrogen-bond donors (Lipinski definition) is 5. The van der Waals surface area contributed by atoms with E-state index < -0.39 is 78.2 Å². The fraction of sp³-hybridized carbons (Fsp3) is 0.367. The first kappa shape index (κ1) is 34.3. The summed E-state index contributed by atoms with van der Waals surface area (Å²) in [5.74, 6) is -7.67. The molecule has 3 aromatic rings. The number of halogens is 1. The number of likely N-dealkylation sites (N-methyl/N-ethyl adjacent to an activating group) is 1. The molecule has 0 aliphatic rings. The second-order valence-corrected chi connectivity index (χ2v) is 10.5. The van der Waals surface area contributed by atoms with Gasteiger partial charge in [0, 0.05) is 38.7 Å². The standard InChI is InChI=1S/C30H34FN5O9/c1-4-36(15-17-5-9-23-20(13-17)26(40)34-16(2)33-23)18-6-7-19(21(31)14-18)27(41)35(3)30(29(44)45,12-11-25(38)39)24(37)10-8-22(32)28(42)43/h5-7,9,13-14,22H,4,8,10-12,15,32H2,1-3H3,(H,38,39)(H,42,43)(H,44,45)(H,33,34,40)/t22-,30+/m0/s1. The molecule has 6 N–H and O–H groups in total. The van der Waals surface area contributed by atoms with Gasteiger partial charge in [0.25, 0.3) is 11.5 Å². The number of aliphatic carboxylic acids is 3. The number of aryl methyl sites for hydroxylation is 1. The number of carbonyl (C=O) groups excluding carboxylic acids is 2. The molecule has 0 radical (unpaired) electrons. The maximum Gasteiger partial charge on any atom is 0.337 e. The number of carbonyl (C=O) groups is 5. The molecular weight excluding hydrogens is 593 g/mol. The summed E-state index contributed by atoms with van der Waals surface area (Å²) < 4.78 is 15.5. The fourth-order valence-corrected chi connectivity index (χ4v) is 5.00. The normalized spacial score (nSPS) is 13.1. The van der Waals surface area contributed by atoms with Gasteiger partial charge in [0.05, 0.1) is 16.5 Å². The Bertz CT molecular complexity index is 1710. The van der Waals surface area contributed by atoms with E-state index in [1.807, 2.05) is 6.92 Å². The summed E-state index contributed by atoms with van der Waals surface area (Å²) in [5.41, 5.74) is 3.43. The predicted octanol–water partition coefficient (Wildman–Crippen LogP) is 1.92. The second kappa shape index (κ2) is 14.1. The van der Waals surface area contributed by atoms with Gasteiger partial charge in [0.15, 0.2) is 11.3 Å². The molecule has 1 aromatic heterocycles. The number of fused-ring (bicyclic) bond motifs is 1. The third kappa shape index (κ3) is 7.49. The number of aromatic amines is 1. The van der Waals surface area contributed by atoms with Crippen LogP contribution in [0.4, 0.5) is 10.1 Å². The second-order valence-electron chi connectivity index (χ2n) is 10.5. The summed E-state index contributed by atoms with van der Waals surface area (Å²) in [4.78, 5) is 83.2. The van der Waals surface area contributed by atoms with Gasteiger partial charge in [-0.3, -0.25) is 24.0 Å². The van der Waals surface area contributed by atoms with Crippen LogP contribution in [0.25, 0.3) is 10.9 Å². The van der Waals surface area contributed by atoms with Gasteiger partial charge in [0.2, 0.25) is 0 Å². The highest BCUT2D eigenvalue weighted by molar-refractivity contribution is 6.12. The molecule has 0 aliphatic carbocycles. The molecule has 0 saturated heterocycles. The van der Waals surface area contributed by atoms with Crippen molar-refractivity contribution in [3.05, 3.63) is 69.5 Å². The van der Waals surface area contributed by atoms with Gasteiger partial charge in [0.1, 0.15) is 17.7 Å². The largest absolute Gasteiger partial charge is 0.481 e. The summed E-state index contributed by atoms with van der Waals surface area (Å²) >= 11 is 0. The quantitative estimate of drug-likeness (QED) is 0.152. The lowest BCUT2D eigenvalue weighted by molar-refractivity contribution is -0.156. The number of carboxylic acids is 3. The third-order valence-electron chi connectivity index (χ3n) is 7.58. The van der Waals surface area contributed by atoms with Crippen molar-refractivity contribution < 1.29 is 43.7 Å². The molecule has 14 nitrogen and oxygen atoms in total. The van der Waals surface area contributed by atoms with Crippen molar-refractivity contribution >= 4 is 46.2 Å².